The zero-order chi connectivity index (χ0) is 17.7. The number of imide groups is 1. The Bertz CT molecular complexity index is 667. The summed E-state index contributed by atoms with van der Waals surface area (Å²) in [6.07, 6.45) is 0.512. The van der Waals surface area contributed by atoms with Gasteiger partial charge < -0.3 is 19.3 Å². The fourth-order valence-corrected chi connectivity index (χ4v) is 2.49. The number of aliphatic hydroxyl groups is 1. The van der Waals surface area contributed by atoms with Gasteiger partial charge in [-0.2, -0.15) is 0 Å². The predicted molar refractivity (Wildman–Crippen MR) is 86.9 cm³/mol. The van der Waals surface area contributed by atoms with Crippen LogP contribution in [0.15, 0.2) is 24.0 Å². The number of hydrogen-bond donors (Lipinski definition) is 1. The number of ether oxygens (including phenoxy) is 3. The highest BCUT2D eigenvalue weighted by molar-refractivity contribution is 6.34. The number of nitrogens with zero attached hydrogens (tertiary/aromatic N) is 1. The highest BCUT2D eigenvalue weighted by atomic mass is 16.5. The van der Waals surface area contributed by atoms with Crippen LogP contribution in [-0.4, -0.2) is 55.8 Å². The first-order valence-corrected chi connectivity index (χ1v) is 7.64. The largest absolute Gasteiger partial charge is 0.502 e. The average molecular weight is 335 g/mol. The third-order valence-corrected chi connectivity index (χ3v) is 3.69. The molecule has 7 heteroatoms. The van der Waals surface area contributed by atoms with Gasteiger partial charge in [-0.1, -0.05) is 6.07 Å². The van der Waals surface area contributed by atoms with Crippen LogP contribution in [0.5, 0.6) is 11.5 Å². The summed E-state index contributed by atoms with van der Waals surface area (Å²) in [5.74, 6) is -0.872. The molecule has 130 valence electrons. The number of aliphatic hydroxyl groups excluding tert-OH is 1. The van der Waals surface area contributed by atoms with Crippen molar-refractivity contribution in [2.75, 3.05) is 34.0 Å². The maximum atomic E-state index is 12.5. The summed E-state index contributed by atoms with van der Waals surface area (Å²) in [5, 5.41) is 10.1. The van der Waals surface area contributed by atoms with Crippen molar-refractivity contribution in [1.82, 2.24) is 4.90 Å². The molecule has 1 aliphatic heterocycles. The second-order valence-corrected chi connectivity index (χ2v) is 5.11. The van der Waals surface area contributed by atoms with E-state index in [2.05, 4.69) is 0 Å². The van der Waals surface area contributed by atoms with Gasteiger partial charge in [0, 0.05) is 19.8 Å². The Kier molecular flexibility index (Phi) is 5.81. The van der Waals surface area contributed by atoms with E-state index in [4.69, 9.17) is 14.2 Å². The Balaban J connectivity index is 2.24. The molecule has 0 fully saturated rings. The van der Waals surface area contributed by atoms with Crippen LogP contribution >= 0.6 is 0 Å². The minimum absolute atomic E-state index is 0.0302. The van der Waals surface area contributed by atoms with Gasteiger partial charge in [-0.25, -0.2) is 0 Å². The predicted octanol–water partition coefficient (Wildman–Crippen LogP) is 1.77. The molecule has 0 radical (unpaired) electrons. The van der Waals surface area contributed by atoms with E-state index in [0.29, 0.717) is 36.7 Å². The van der Waals surface area contributed by atoms with Gasteiger partial charge in [0.2, 0.25) is 0 Å². The fourth-order valence-electron chi connectivity index (χ4n) is 2.49. The maximum absolute atomic E-state index is 12.5. The fraction of sp³-hybridized carbons (Fsp3) is 0.412. The van der Waals surface area contributed by atoms with E-state index in [1.54, 1.807) is 18.2 Å². The van der Waals surface area contributed by atoms with Gasteiger partial charge in [0.05, 0.1) is 19.8 Å². The summed E-state index contributed by atoms with van der Waals surface area (Å²) in [6, 6.07) is 4.77. The van der Waals surface area contributed by atoms with Gasteiger partial charge in [-0.05, 0) is 31.0 Å². The first-order chi connectivity index (χ1) is 11.5. The molecule has 1 aromatic rings. The second kappa shape index (κ2) is 7.83. The number of carbonyl (C=O) groups excluding carboxylic acids is 2. The molecule has 0 saturated carbocycles. The SMILES string of the molecule is CCOCCCN1C(=O)C(O)=C(c2ccc(OC)c(OC)c2)C1=O. The number of rotatable bonds is 8. The van der Waals surface area contributed by atoms with E-state index in [1.165, 1.54) is 14.2 Å². The summed E-state index contributed by atoms with van der Waals surface area (Å²) in [4.78, 5) is 25.7. The third-order valence-electron chi connectivity index (χ3n) is 3.69. The molecule has 0 unspecified atom stereocenters. The lowest BCUT2D eigenvalue weighted by atomic mass is 10.0. The first-order valence-electron chi connectivity index (χ1n) is 7.64. The maximum Gasteiger partial charge on any atom is 0.296 e. The molecular weight excluding hydrogens is 314 g/mol. The van der Waals surface area contributed by atoms with Crippen molar-refractivity contribution in [1.29, 1.82) is 0 Å². The lowest BCUT2D eigenvalue weighted by Crippen LogP contribution is -2.33. The molecule has 1 heterocycles. The topological polar surface area (TPSA) is 85.3 Å². The molecule has 1 aromatic carbocycles. The summed E-state index contributed by atoms with van der Waals surface area (Å²) in [5.41, 5.74) is 0.369. The van der Waals surface area contributed by atoms with Crippen LogP contribution in [0.1, 0.15) is 18.9 Å². The molecule has 0 bridgehead atoms. The van der Waals surface area contributed by atoms with E-state index >= 15 is 0 Å². The Hall–Kier alpha value is -2.54. The first kappa shape index (κ1) is 17.8. The van der Waals surface area contributed by atoms with Gasteiger partial charge in [0.25, 0.3) is 11.8 Å². The molecule has 0 spiro atoms. The van der Waals surface area contributed by atoms with Crippen molar-refractivity contribution in [3.05, 3.63) is 29.5 Å². The molecule has 0 atom stereocenters. The molecule has 1 N–H and O–H groups in total. The lowest BCUT2D eigenvalue weighted by Gasteiger charge is -2.14. The van der Waals surface area contributed by atoms with Crippen LogP contribution in [0, 0.1) is 0 Å². The van der Waals surface area contributed by atoms with Crippen molar-refractivity contribution >= 4 is 17.4 Å². The minimum atomic E-state index is -0.693. The average Bonchev–Trinajstić information content (AvgIpc) is 2.81. The molecule has 7 nitrogen and oxygen atoms in total. The Morgan fingerprint density at radius 3 is 2.42 bits per heavy atom. The van der Waals surface area contributed by atoms with Crippen molar-refractivity contribution in [3.8, 4) is 11.5 Å². The molecule has 0 aliphatic carbocycles. The summed E-state index contributed by atoms with van der Waals surface area (Å²) in [6.45, 7) is 3.08. The smallest absolute Gasteiger partial charge is 0.296 e. The van der Waals surface area contributed by atoms with Crippen molar-refractivity contribution in [3.63, 3.8) is 0 Å². The Labute approximate surface area is 140 Å². The molecule has 2 rings (SSSR count). The van der Waals surface area contributed by atoms with Crippen molar-refractivity contribution < 1.29 is 28.9 Å². The highest BCUT2D eigenvalue weighted by Crippen LogP contribution is 2.34. The van der Waals surface area contributed by atoms with E-state index < -0.39 is 17.6 Å². The Morgan fingerprint density at radius 1 is 1.08 bits per heavy atom. The van der Waals surface area contributed by atoms with Crippen LogP contribution in [0.3, 0.4) is 0 Å². The zero-order valence-electron chi connectivity index (χ0n) is 14.0. The number of hydrogen-bond acceptors (Lipinski definition) is 6. The van der Waals surface area contributed by atoms with Crippen LogP contribution in [0.25, 0.3) is 5.57 Å². The molecule has 2 amide bonds. The van der Waals surface area contributed by atoms with Crippen molar-refractivity contribution in [2.24, 2.45) is 0 Å². The van der Waals surface area contributed by atoms with Crippen molar-refractivity contribution in [2.45, 2.75) is 13.3 Å². The zero-order valence-corrected chi connectivity index (χ0v) is 14.0. The van der Waals surface area contributed by atoms with Gasteiger partial charge in [0.1, 0.15) is 0 Å². The molecule has 1 aliphatic rings. The van der Waals surface area contributed by atoms with Gasteiger partial charge in [-0.15, -0.1) is 0 Å². The van der Waals surface area contributed by atoms with Crippen LogP contribution in [0.4, 0.5) is 0 Å². The number of amides is 2. The lowest BCUT2D eigenvalue weighted by molar-refractivity contribution is -0.138. The van der Waals surface area contributed by atoms with Crippen LogP contribution in [-0.2, 0) is 14.3 Å². The normalized spacial score (nSPS) is 14.5. The van der Waals surface area contributed by atoms with Gasteiger partial charge >= 0.3 is 0 Å². The monoisotopic (exact) mass is 335 g/mol. The minimum Gasteiger partial charge on any atom is -0.502 e. The van der Waals surface area contributed by atoms with Gasteiger partial charge in [-0.3, -0.25) is 14.5 Å². The van der Waals surface area contributed by atoms with E-state index in [0.717, 1.165) is 4.90 Å². The van der Waals surface area contributed by atoms with Crippen LogP contribution in [0.2, 0.25) is 0 Å². The van der Waals surface area contributed by atoms with E-state index in [-0.39, 0.29) is 12.1 Å². The third kappa shape index (κ3) is 3.35. The Morgan fingerprint density at radius 2 is 1.79 bits per heavy atom. The number of carbonyl (C=O) groups is 2. The molecule has 24 heavy (non-hydrogen) atoms. The summed E-state index contributed by atoms with van der Waals surface area (Å²) in [7, 11) is 2.97. The molecule has 0 aromatic heterocycles. The summed E-state index contributed by atoms with van der Waals surface area (Å²) < 4.78 is 15.5. The molecule has 0 saturated heterocycles. The molecular formula is C17H21NO6. The standard InChI is InChI=1S/C17H21NO6/c1-4-24-9-5-8-18-16(20)14(15(19)17(18)21)11-6-7-12(22-2)13(10-11)23-3/h6-7,10,19H,4-5,8-9H2,1-3H3. The van der Waals surface area contributed by atoms with Gasteiger partial charge in [0.15, 0.2) is 17.3 Å². The van der Waals surface area contributed by atoms with E-state index in [9.17, 15) is 14.7 Å². The second-order valence-electron chi connectivity index (χ2n) is 5.11. The number of benzene rings is 1. The highest BCUT2D eigenvalue weighted by Gasteiger charge is 2.39. The van der Waals surface area contributed by atoms with E-state index in [1.807, 2.05) is 6.92 Å². The summed E-state index contributed by atoms with van der Waals surface area (Å²) >= 11 is 0. The van der Waals surface area contributed by atoms with Crippen LogP contribution < -0.4 is 9.47 Å². The quantitative estimate of drug-likeness (QED) is 0.576. The number of methoxy groups -OCH3 is 2.